The molecule has 5 nitrogen and oxygen atoms in total. The molecular formula is C19H30N2O3. The maximum absolute atomic E-state index is 11.9. The molecule has 2 rings (SSSR count). The lowest BCUT2D eigenvalue weighted by molar-refractivity contribution is -0.136. The third-order valence-electron chi connectivity index (χ3n) is 4.53. The molecule has 0 aromatic heterocycles. The van der Waals surface area contributed by atoms with Crippen molar-refractivity contribution in [3.8, 4) is 11.5 Å². The van der Waals surface area contributed by atoms with Crippen molar-refractivity contribution in [2.75, 3.05) is 40.4 Å². The lowest BCUT2D eigenvalue weighted by Crippen LogP contribution is -2.46. The molecular weight excluding hydrogens is 304 g/mol. The van der Waals surface area contributed by atoms with Crippen LogP contribution in [0, 0.1) is 5.92 Å². The summed E-state index contributed by atoms with van der Waals surface area (Å²) in [5, 5.41) is 0. The van der Waals surface area contributed by atoms with Crippen LogP contribution in [-0.2, 0) is 4.79 Å². The van der Waals surface area contributed by atoms with Gasteiger partial charge in [-0.05, 0) is 45.4 Å². The molecule has 1 unspecified atom stereocenters. The number of likely N-dealkylation sites (N-methyl/N-ethyl adjacent to an activating group) is 1. The van der Waals surface area contributed by atoms with Gasteiger partial charge in [0, 0.05) is 32.1 Å². The molecule has 0 aliphatic carbocycles. The van der Waals surface area contributed by atoms with Crippen LogP contribution in [-0.4, -0.2) is 62.1 Å². The fourth-order valence-electron chi connectivity index (χ4n) is 3.17. The molecule has 1 heterocycles. The first-order valence-corrected chi connectivity index (χ1v) is 8.75. The van der Waals surface area contributed by atoms with Crippen LogP contribution in [0.4, 0.5) is 0 Å². The highest BCUT2D eigenvalue weighted by Crippen LogP contribution is 2.25. The normalized spacial score (nSPS) is 18.3. The van der Waals surface area contributed by atoms with Gasteiger partial charge in [-0.25, -0.2) is 0 Å². The number of benzene rings is 1. The summed E-state index contributed by atoms with van der Waals surface area (Å²) in [5.41, 5.74) is 0. The van der Waals surface area contributed by atoms with Crippen LogP contribution in [0.2, 0.25) is 0 Å². The second kappa shape index (κ2) is 8.92. The predicted octanol–water partition coefficient (Wildman–Crippen LogP) is 2.65. The van der Waals surface area contributed by atoms with Gasteiger partial charge < -0.3 is 19.3 Å². The molecule has 1 aliphatic heterocycles. The van der Waals surface area contributed by atoms with Gasteiger partial charge in [-0.1, -0.05) is 12.1 Å². The van der Waals surface area contributed by atoms with Crippen LogP contribution in [0.15, 0.2) is 24.3 Å². The SMILES string of the molecule is COc1ccccc1OCCN(C)CC1CCC(=O)N(C(C)C)C1. The summed E-state index contributed by atoms with van der Waals surface area (Å²) in [7, 11) is 3.76. The number of carbonyl (C=O) groups excluding carboxylic acids is 1. The molecule has 0 N–H and O–H groups in total. The van der Waals surface area contributed by atoms with Crippen molar-refractivity contribution in [2.24, 2.45) is 5.92 Å². The second-order valence-electron chi connectivity index (χ2n) is 6.81. The first-order valence-electron chi connectivity index (χ1n) is 8.75. The van der Waals surface area contributed by atoms with Crippen molar-refractivity contribution >= 4 is 5.91 Å². The minimum Gasteiger partial charge on any atom is -0.493 e. The average Bonchev–Trinajstić information content (AvgIpc) is 2.56. The fraction of sp³-hybridized carbons (Fsp3) is 0.632. The molecule has 1 aromatic carbocycles. The molecule has 0 spiro atoms. The quantitative estimate of drug-likeness (QED) is 0.733. The Morgan fingerprint density at radius 3 is 2.67 bits per heavy atom. The van der Waals surface area contributed by atoms with Gasteiger partial charge in [0.15, 0.2) is 11.5 Å². The summed E-state index contributed by atoms with van der Waals surface area (Å²) in [5.74, 6) is 2.38. The zero-order chi connectivity index (χ0) is 17.5. The molecule has 0 saturated carbocycles. The summed E-state index contributed by atoms with van der Waals surface area (Å²) >= 11 is 0. The molecule has 1 saturated heterocycles. The number of piperidine rings is 1. The Balaban J connectivity index is 1.75. The number of methoxy groups -OCH3 is 1. The van der Waals surface area contributed by atoms with Gasteiger partial charge in [0.05, 0.1) is 7.11 Å². The molecule has 1 aromatic rings. The molecule has 0 bridgehead atoms. The highest BCUT2D eigenvalue weighted by molar-refractivity contribution is 5.77. The number of hydrogen-bond donors (Lipinski definition) is 0. The number of rotatable bonds is 8. The van der Waals surface area contributed by atoms with Crippen LogP contribution < -0.4 is 9.47 Å². The molecule has 0 radical (unpaired) electrons. The molecule has 1 fully saturated rings. The zero-order valence-electron chi connectivity index (χ0n) is 15.3. The van der Waals surface area contributed by atoms with Gasteiger partial charge in [-0.15, -0.1) is 0 Å². The van der Waals surface area contributed by atoms with E-state index in [1.807, 2.05) is 29.2 Å². The van der Waals surface area contributed by atoms with Gasteiger partial charge in [0.25, 0.3) is 0 Å². The topological polar surface area (TPSA) is 42.0 Å². The van der Waals surface area contributed by atoms with Gasteiger partial charge in [0.1, 0.15) is 6.61 Å². The minimum atomic E-state index is 0.291. The van der Waals surface area contributed by atoms with E-state index in [0.717, 1.165) is 37.6 Å². The molecule has 1 atom stereocenters. The Morgan fingerprint density at radius 2 is 2.00 bits per heavy atom. The monoisotopic (exact) mass is 334 g/mol. The number of hydrogen-bond acceptors (Lipinski definition) is 4. The molecule has 24 heavy (non-hydrogen) atoms. The van der Waals surface area contributed by atoms with Crippen LogP contribution in [0.5, 0.6) is 11.5 Å². The van der Waals surface area contributed by atoms with E-state index in [1.165, 1.54) is 0 Å². The number of para-hydroxylation sites is 2. The third kappa shape index (κ3) is 5.13. The fourth-order valence-corrected chi connectivity index (χ4v) is 3.17. The largest absolute Gasteiger partial charge is 0.493 e. The van der Waals surface area contributed by atoms with Crippen molar-refractivity contribution in [1.82, 2.24) is 9.80 Å². The predicted molar refractivity (Wildman–Crippen MR) is 95.6 cm³/mol. The van der Waals surface area contributed by atoms with Crippen molar-refractivity contribution in [2.45, 2.75) is 32.7 Å². The van der Waals surface area contributed by atoms with Gasteiger partial charge in [-0.3, -0.25) is 4.79 Å². The summed E-state index contributed by atoms with van der Waals surface area (Å²) in [6.45, 7) is 7.51. The molecule has 1 amide bonds. The highest BCUT2D eigenvalue weighted by Gasteiger charge is 2.27. The summed E-state index contributed by atoms with van der Waals surface area (Å²) < 4.78 is 11.1. The Morgan fingerprint density at radius 1 is 1.29 bits per heavy atom. The highest BCUT2D eigenvalue weighted by atomic mass is 16.5. The van der Waals surface area contributed by atoms with E-state index < -0.39 is 0 Å². The van der Waals surface area contributed by atoms with Crippen LogP contribution in [0.25, 0.3) is 0 Å². The van der Waals surface area contributed by atoms with Gasteiger partial charge in [0.2, 0.25) is 5.91 Å². The first-order chi connectivity index (χ1) is 11.5. The van der Waals surface area contributed by atoms with E-state index in [4.69, 9.17) is 9.47 Å². The average molecular weight is 334 g/mol. The zero-order valence-corrected chi connectivity index (χ0v) is 15.3. The van der Waals surface area contributed by atoms with E-state index in [1.54, 1.807) is 7.11 Å². The summed E-state index contributed by atoms with van der Waals surface area (Å²) in [6, 6.07) is 7.99. The Labute approximate surface area is 145 Å². The minimum absolute atomic E-state index is 0.291. The lowest BCUT2D eigenvalue weighted by Gasteiger charge is -2.37. The maximum atomic E-state index is 11.9. The van der Waals surface area contributed by atoms with E-state index >= 15 is 0 Å². The van der Waals surface area contributed by atoms with E-state index in [2.05, 4.69) is 25.8 Å². The van der Waals surface area contributed by atoms with Crippen molar-refractivity contribution in [3.05, 3.63) is 24.3 Å². The van der Waals surface area contributed by atoms with E-state index in [-0.39, 0.29) is 0 Å². The van der Waals surface area contributed by atoms with Gasteiger partial charge >= 0.3 is 0 Å². The summed E-state index contributed by atoms with van der Waals surface area (Å²) in [6.07, 6.45) is 1.66. The van der Waals surface area contributed by atoms with Crippen molar-refractivity contribution < 1.29 is 14.3 Å². The smallest absolute Gasteiger partial charge is 0.222 e. The number of amides is 1. The number of nitrogens with zero attached hydrogens (tertiary/aromatic N) is 2. The Hall–Kier alpha value is -1.75. The lowest BCUT2D eigenvalue weighted by atomic mass is 9.96. The Kier molecular flexibility index (Phi) is 6.91. The molecule has 5 heteroatoms. The summed E-state index contributed by atoms with van der Waals surface area (Å²) in [4.78, 5) is 16.2. The van der Waals surface area contributed by atoms with E-state index in [9.17, 15) is 4.79 Å². The Bertz CT molecular complexity index is 533. The van der Waals surface area contributed by atoms with Gasteiger partial charge in [-0.2, -0.15) is 0 Å². The first kappa shape index (κ1) is 18.6. The second-order valence-corrected chi connectivity index (χ2v) is 6.81. The third-order valence-corrected chi connectivity index (χ3v) is 4.53. The van der Waals surface area contributed by atoms with Crippen LogP contribution in [0.1, 0.15) is 26.7 Å². The standard InChI is InChI=1S/C19H30N2O3/c1-15(2)21-14-16(9-10-19(21)22)13-20(3)11-12-24-18-8-6-5-7-17(18)23-4/h5-8,15-16H,9-14H2,1-4H3. The van der Waals surface area contributed by atoms with E-state index in [0.29, 0.717) is 30.9 Å². The molecule has 1 aliphatic rings. The van der Waals surface area contributed by atoms with Crippen molar-refractivity contribution in [3.63, 3.8) is 0 Å². The maximum Gasteiger partial charge on any atom is 0.222 e. The molecule has 134 valence electrons. The van der Waals surface area contributed by atoms with Crippen LogP contribution in [0.3, 0.4) is 0 Å². The van der Waals surface area contributed by atoms with Crippen molar-refractivity contribution in [1.29, 1.82) is 0 Å². The van der Waals surface area contributed by atoms with Crippen LogP contribution >= 0.6 is 0 Å². The number of ether oxygens (including phenoxy) is 2. The number of likely N-dealkylation sites (tertiary alicyclic amines) is 1. The number of carbonyl (C=O) groups is 1.